The van der Waals surface area contributed by atoms with Crippen molar-refractivity contribution in [2.45, 2.75) is 39.2 Å². The molecule has 0 aromatic heterocycles. The number of halogens is 3. The van der Waals surface area contributed by atoms with Crippen LogP contribution in [-0.4, -0.2) is 30.4 Å². The number of hydrogen-bond donors (Lipinski definition) is 1. The van der Waals surface area contributed by atoms with Gasteiger partial charge in [0.15, 0.2) is 0 Å². The summed E-state index contributed by atoms with van der Waals surface area (Å²) in [4.78, 5) is 2.28. The van der Waals surface area contributed by atoms with Crippen LogP contribution >= 0.6 is 0 Å². The summed E-state index contributed by atoms with van der Waals surface area (Å²) >= 11 is 0. The Kier molecular flexibility index (Phi) is 4.49. The second kappa shape index (κ2) is 5.85. The molecular formula is C15H21F3N2O. The van der Waals surface area contributed by atoms with Crippen molar-refractivity contribution in [3.05, 3.63) is 29.8 Å². The van der Waals surface area contributed by atoms with Crippen LogP contribution in [-0.2, 0) is 6.54 Å². The molecule has 1 aromatic carbocycles. The number of likely N-dealkylation sites (tertiary alicyclic amines) is 1. The molecule has 0 aliphatic carbocycles. The van der Waals surface area contributed by atoms with Crippen molar-refractivity contribution in [2.75, 3.05) is 13.1 Å². The van der Waals surface area contributed by atoms with Gasteiger partial charge in [0.25, 0.3) is 0 Å². The number of piperidine rings is 1. The Balaban J connectivity index is 1.95. The van der Waals surface area contributed by atoms with Gasteiger partial charge in [0, 0.05) is 25.7 Å². The van der Waals surface area contributed by atoms with Gasteiger partial charge in [0.05, 0.1) is 0 Å². The fourth-order valence-corrected chi connectivity index (χ4v) is 2.67. The van der Waals surface area contributed by atoms with Gasteiger partial charge in [-0.25, -0.2) is 0 Å². The maximum Gasteiger partial charge on any atom is 0.573 e. The van der Waals surface area contributed by atoms with Crippen molar-refractivity contribution in [1.29, 1.82) is 0 Å². The number of rotatable bonds is 3. The first-order chi connectivity index (χ1) is 9.66. The van der Waals surface area contributed by atoms with Gasteiger partial charge in [0.1, 0.15) is 5.75 Å². The van der Waals surface area contributed by atoms with Crippen LogP contribution in [0, 0.1) is 5.41 Å². The van der Waals surface area contributed by atoms with E-state index in [1.807, 2.05) is 0 Å². The van der Waals surface area contributed by atoms with Crippen LogP contribution in [0.15, 0.2) is 24.3 Å². The minimum absolute atomic E-state index is 0.0532. The normalized spacial score (nSPS) is 23.0. The van der Waals surface area contributed by atoms with E-state index >= 15 is 0 Å². The van der Waals surface area contributed by atoms with Crippen molar-refractivity contribution in [2.24, 2.45) is 11.1 Å². The summed E-state index contributed by atoms with van der Waals surface area (Å²) in [5.41, 5.74) is 7.12. The fourth-order valence-electron chi connectivity index (χ4n) is 2.67. The molecule has 0 amide bonds. The van der Waals surface area contributed by atoms with Crippen LogP contribution < -0.4 is 10.5 Å². The van der Waals surface area contributed by atoms with Gasteiger partial charge < -0.3 is 10.5 Å². The molecule has 118 valence electrons. The third-order valence-corrected chi connectivity index (χ3v) is 3.95. The highest BCUT2D eigenvalue weighted by atomic mass is 19.4. The van der Waals surface area contributed by atoms with E-state index in [2.05, 4.69) is 23.5 Å². The highest BCUT2D eigenvalue weighted by Gasteiger charge is 2.33. The predicted molar refractivity (Wildman–Crippen MR) is 74.8 cm³/mol. The zero-order valence-corrected chi connectivity index (χ0v) is 12.3. The van der Waals surface area contributed by atoms with Crippen LogP contribution in [0.4, 0.5) is 13.2 Å². The lowest BCUT2D eigenvalue weighted by Crippen LogP contribution is -2.52. The first-order valence-corrected chi connectivity index (χ1v) is 6.98. The molecule has 1 saturated heterocycles. The van der Waals surface area contributed by atoms with Crippen molar-refractivity contribution < 1.29 is 17.9 Å². The molecule has 2 rings (SSSR count). The van der Waals surface area contributed by atoms with Crippen molar-refractivity contribution in [1.82, 2.24) is 4.90 Å². The molecule has 1 unspecified atom stereocenters. The molecule has 1 fully saturated rings. The lowest BCUT2D eigenvalue weighted by Gasteiger charge is -2.42. The number of nitrogens with two attached hydrogens (primary N) is 1. The second-order valence-corrected chi connectivity index (χ2v) is 6.29. The maximum absolute atomic E-state index is 12.1. The van der Waals surface area contributed by atoms with E-state index in [1.165, 1.54) is 12.1 Å². The smallest absolute Gasteiger partial charge is 0.406 e. The van der Waals surface area contributed by atoms with Crippen molar-refractivity contribution >= 4 is 0 Å². The second-order valence-electron chi connectivity index (χ2n) is 6.29. The van der Waals surface area contributed by atoms with E-state index in [0.29, 0.717) is 6.54 Å². The van der Waals surface area contributed by atoms with Crippen LogP contribution in [0.1, 0.15) is 25.8 Å². The van der Waals surface area contributed by atoms with Crippen LogP contribution in [0.5, 0.6) is 5.75 Å². The Hall–Kier alpha value is -1.27. The van der Waals surface area contributed by atoms with Gasteiger partial charge in [-0.3, -0.25) is 4.90 Å². The molecule has 1 aliphatic heterocycles. The summed E-state index contributed by atoms with van der Waals surface area (Å²) in [7, 11) is 0. The van der Waals surface area contributed by atoms with Crippen LogP contribution in [0.3, 0.4) is 0 Å². The number of alkyl halides is 3. The third-order valence-electron chi connectivity index (χ3n) is 3.95. The van der Waals surface area contributed by atoms with E-state index in [-0.39, 0.29) is 17.2 Å². The summed E-state index contributed by atoms with van der Waals surface area (Å²) in [6, 6.07) is 6.23. The summed E-state index contributed by atoms with van der Waals surface area (Å²) in [6.45, 7) is 6.79. The molecule has 2 N–H and O–H groups in total. The lowest BCUT2D eigenvalue weighted by atomic mass is 9.79. The first kappa shape index (κ1) is 16.1. The molecule has 0 bridgehead atoms. The highest BCUT2D eigenvalue weighted by Crippen LogP contribution is 2.29. The average Bonchev–Trinajstić information content (AvgIpc) is 2.34. The molecule has 1 aromatic rings. The molecule has 0 saturated carbocycles. The molecule has 1 atom stereocenters. The van der Waals surface area contributed by atoms with Gasteiger partial charge in [-0.05, 0) is 29.5 Å². The van der Waals surface area contributed by atoms with Crippen molar-refractivity contribution in [3.63, 3.8) is 0 Å². The quantitative estimate of drug-likeness (QED) is 0.932. The first-order valence-electron chi connectivity index (χ1n) is 6.98. The molecule has 1 aliphatic rings. The highest BCUT2D eigenvalue weighted by molar-refractivity contribution is 5.27. The van der Waals surface area contributed by atoms with Crippen LogP contribution in [0.2, 0.25) is 0 Å². The number of benzene rings is 1. The molecule has 1 heterocycles. The number of ether oxygens (including phenoxy) is 1. The van der Waals surface area contributed by atoms with Gasteiger partial charge in [-0.15, -0.1) is 13.2 Å². The zero-order valence-electron chi connectivity index (χ0n) is 12.3. The molecule has 21 heavy (non-hydrogen) atoms. The van der Waals surface area contributed by atoms with E-state index in [4.69, 9.17) is 5.73 Å². The fraction of sp³-hybridized carbons (Fsp3) is 0.600. The average molecular weight is 302 g/mol. The third kappa shape index (κ3) is 4.61. The number of hydrogen-bond acceptors (Lipinski definition) is 3. The van der Waals surface area contributed by atoms with Crippen molar-refractivity contribution in [3.8, 4) is 5.75 Å². The Morgan fingerprint density at radius 1 is 1.29 bits per heavy atom. The molecular weight excluding hydrogens is 281 g/mol. The van der Waals surface area contributed by atoms with E-state index in [9.17, 15) is 13.2 Å². The predicted octanol–water partition coefficient (Wildman–Crippen LogP) is 3.14. The summed E-state index contributed by atoms with van der Waals surface area (Å²) in [6.07, 6.45) is -3.71. The monoisotopic (exact) mass is 302 g/mol. The largest absolute Gasteiger partial charge is 0.573 e. The lowest BCUT2D eigenvalue weighted by molar-refractivity contribution is -0.274. The maximum atomic E-state index is 12.1. The van der Waals surface area contributed by atoms with E-state index in [0.717, 1.165) is 25.1 Å². The molecule has 0 radical (unpaired) electrons. The summed E-state index contributed by atoms with van der Waals surface area (Å²) in [5, 5.41) is 0. The minimum Gasteiger partial charge on any atom is -0.406 e. The molecule has 6 heteroatoms. The van der Waals surface area contributed by atoms with Gasteiger partial charge in [-0.1, -0.05) is 26.0 Å². The van der Waals surface area contributed by atoms with Crippen LogP contribution in [0.25, 0.3) is 0 Å². The van der Waals surface area contributed by atoms with Gasteiger partial charge >= 0.3 is 6.36 Å². The van der Waals surface area contributed by atoms with E-state index < -0.39 is 6.36 Å². The SMILES string of the molecule is CC1(C)CN(Cc2ccc(OC(F)(F)F)cc2)CCC1N. The topological polar surface area (TPSA) is 38.5 Å². The minimum atomic E-state index is -4.64. The summed E-state index contributed by atoms with van der Waals surface area (Å²) < 4.78 is 40.1. The molecule has 3 nitrogen and oxygen atoms in total. The standard InChI is InChI=1S/C15H21F3N2O/c1-14(2)10-20(8-7-13(14)19)9-11-3-5-12(6-4-11)21-15(16,17)18/h3-6,13H,7-10,19H2,1-2H3. The number of nitrogens with zero attached hydrogens (tertiary/aromatic N) is 1. The zero-order chi connectivity index (χ0) is 15.7. The Bertz CT molecular complexity index is 471. The molecule has 0 spiro atoms. The van der Waals surface area contributed by atoms with Gasteiger partial charge in [0.2, 0.25) is 0 Å². The Morgan fingerprint density at radius 2 is 1.90 bits per heavy atom. The van der Waals surface area contributed by atoms with Gasteiger partial charge in [-0.2, -0.15) is 0 Å². The van der Waals surface area contributed by atoms with E-state index in [1.54, 1.807) is 12.1 Å². The Labute approximate surface area is 122 Å². The summed E-state index contributed by atoms with van der Waals surface area (Å²) in [5.74, 6) is -0.188. The Morgan fingerprint density at radius 3 is 2.43 bits per heavy atom.